The van der Waals surface area contributed by atoms with E-state index in [1.165, 1.54) is 11.1 Å². The fraction of sp³-hybridized carbons (Fsp3) is 0.412. The largest absolute Gasteiger partial charge is 0.466 e. The molecule has 1 aliphatic rings. The van der Waals surface area contributed by atoms with Crippen LogP contribution in [0.4, 0.5) is 0 Å². The number of nitrogens with one attached hydrogen (secondary N) is 1. The van der Waals surface area contributed by atoms with E-state index in [0.717, 1.165) is 19.3 Å². The molecule has 106 valence electrons. The molecule has 2 aromatic rings. The lowest BCUT2D eigenvalue weighted by atomic mass is 9.88. The van der Waals surface area contributed by atoms with Crippen molar-refractivity contribution in [3.8, 4) is 0 Å². The fourth-order valence-corrected chi connectivity index (χ4v) is 2.89. The summed E-state index contributed by atoms with van der Waals surface area (Å²) in [7, 11) is 0. The smallest absolute Gasteiger partial charge is 0.136 e. The molecule has 20 heavy (non-hydrogen) atoms. The van der Waals surface area contributed by atoms with Crippen molar-refractivity contribution in [3.63, 3.8) is 0 Å². The van der Waals surface area contributed by atoms with Gasteiger partial charge in [0, 0.05) is 12.6 Å². The van der Waals surface area contributed by atoms with Gasteiger partial charge in [-0.2, -0.15) is 0 Å². The summed E-state index contributed by atoms with van der Waals surface area (Å²) in [5.41, 5.74) is 1.93. The van der Waals surface area contributed by atoms with Crippen molar-refractivity contribution in [2.75, 3.05) is 6.54 Å². The molecule has 1 aromatic heterocycles. The Labute approximate surface area is 119 Å². The van der Waals surface area contributed by atoms with Crippen LogP contribution in [-0.4, -0.2) is 17.7 Å². The van der Waals surface area contributed by atoms with Crippen LogP contribution in [0.2, 0.25) is 0 Å². The molecule has 2 unspecified atom stereocenters. The van der Waals surface area contributed by atoms with E-state index in [1.54, 1.807) is 19.3 Å². The number of rotatable bonds is 4. The molecule has 3 nitrogen and oxygen atoms in total. The van der Waals surface area contributed by atoms with Crippen LogP contribution in [0, 0.1) is 0 Å². The minimum atomic E-state index is -0.958. The third-order valence-corrected chi connectivity index (χ3v) is 4.13. The molecular weight excluding hydrogens is 250 g/mol. The van der Waals surface area contributed by atoms with Gasteiger partial charge in [0.2, 0.25) is 0 Å². The Morgan fingerprint density at radius 2 is 2.05 bits per heavy atom. The van der Waals surface area contributed by atoms with Crippen LogP contribution in [0.15, 0.2) is 47.1 Å². The van der Waals surface area contributed by atoms with Crippen molar-refractivity contribution >= 4 is 0 Å². The molecule has 3 heteroatoms. The Balaban J connectivity index is 1.60. The number of aliphatic hydroxyl groups is 1. The van der Waals surface area contributed by atoms with Crippen LogP contribution in [-0.2, 0) is 18.4 Å². The highest BCUT2D eigenvalue weighted by Gasteiger charge is 2.28. The highest BCUT2D eigenvalue weighted by Crippen LogP contribution is 2.23. The van der Waals surface area contributed by atoms with E-state index in [1.807, 2.05) is 6.07 Å². The van der Waals surface area contributed by atoms with Crippen LogP contribution >= 0.6 is 0 Å². The van der Waals surface area contributed by atoms with E-state index in [0.29, 0.717) is 18.3 Å². The summed E-state index contributed by atoms with van der Waals surface area (Å²) < 4.78 is 5.30. The Morgan fingerprint density at radius 1 is 1.25 bits per heavy atom. The van der Waals surface area contributed by atoms with Crippen molar-refractivity contribution in [1.29, 1.82) is 0 Å². The molecule has 1 heterocycles. The second kappa shape index (κ2) is 5.43. The van der Waals surface area contributed by atoms with Gasteiger partial charge >= 0.3 is 0 Å². The Kier molecular flexibility index (Phi) is 3.64. The minimum Gasteiger partial charge on any atom is -0.466 e. The lowest BCUT2D eigenvalue weighted by molar-refractivity contribution is 0.0311. The minimum absolute atomic E-state index is 0.423. The lowest BCUT2D eigenvalue weighted by Crippen LogP contribution is -2.43. The average molecular weight is 271 g/mol. The van der Waals surface area contributed by atoms with Crippen LogP contribution < -0.4 is 5.32 Å². The molecular formula is C17H21NO2. The molecule has 0 saturated carbocycles. The molecule has 1 aromatic carbocycles. The average Bonchev–Trinajstić information content (AvgIpc) is 3.00. The van der Waals surface area contributed by atoms with Gasteiger partial charge in [-0.15, -0.1) is 0 Å². The maximum absolute atomic E-state index is 10.4. The second-order valence-electron chi connectivity index (χ2n) is 5.84. The first kappa shape index (κ1) is 13.4. The summed E-state index contributed by atoms with van der Waals surface area (Å²) in [6.07, 6.45) is 4.85. The zero-order chi connectivity index (χ0) is 14.0. The summed E-state index contributed by atoms with van der Waals surface area (Å²) in [6, 6.07) is 12.7. The molecule has 0 aliphatic heterocycles. The summed E-state index contributed by atoms with van der Waals surface area (Å²) in [5.74, 6) is 0.612. The van der Waals surface area contributed by atoms with Gasteiger partial charge in [0.25, 0.3) is 0 Å². The molecule has 2 atom stereocenters. The maximum atomic E-state index is 10.4. The van der Waals surface area contributed by atoms with Gasteiger partial charge in [-0.05, 0) is 49.4 Å². The lowest BCUT2D eigenvalue weighted by Gasteiger charge is -2.29. The number of benzene rings is 1. The van der Waals surface area contributed by atoms with Gasteiger partial charge in [-0.3, -0.25) is 0 Å². The van der Waals surface area contributed by atoms with Crippen molar-refractivity contribution in [1.82, 2.24) is 5.32 Å². The van der Waals surface area contributed by atoms with E-state index in [-0.39, 0.29) is 0 Å². The number of furan rings is 1. The third kappa shape index (κ3) is 2.79. The summed E-state index contributed by atoms with van der Waals surface area (Å²) in [6.45, 7) is 2.29. The van der Waals surface area contributed by atoms with Crippen molar-refractivity contribution in [2.45, 2.75) is 37.8 Å². The first-order chi connectivity index (χ1) is 9.65. The standard InChI is InChI=1S/C17H21NO2/c1-17(19,16-7-4-10-20-16)12-18-15-9-8-13-5-2-3-6-14(13)11-15/h2-7,10,15,18-19H,8-9,11-12H2,1H3. The van der Waals surface area contributed by atoms with Gasteiger partial charge in [0.05, 0.1) is 6.26 Å². The molecule has 1 aliphatic carbocycles. The molecule has 0 saturated heterocycles. The molecule has 2 N–H and O–H groups in total. The first-order valence-electron chi connectivity index (χ1n) is 7.22. The van der Waals surface area contributed by atoms with E-state index >= 15 is 0 Å². The predicted octanol–water partition coefficient (Wildman–Crippen LogP) is 2.63. The van der Waals surface area contributed by atoms with Gasteiger partial charge in [-0.1, -0.05) is 24.3 Å². The van der Waals surface area contributed by atoms with Gasteiger partial charge < -0.3 is 14.8 Å². The Morgan fingerprint density at radius 3 is 2.80 bits per heavy atom. The highest BCUT2D eigenvalue weighted by molar-refractivity contribution is 5.30. The number of hydrogen-bond donors (Lipinski definition) is 2. The zero-order valence-corrected chi connectivity index (χ0v) is 11.8. The molecule has 0 spiro atoms. The number of hydrogen-bond acceptors (Lipinski definition) is 3. The van der Waals surface area contributed by atoms with Crippen LogP contribution in [0.5, 0.6) is 0 Å². The number of aryl methyl sites for hydroxylation is 1. The zero-order valence-electron chi connectivity index (χ0n) is 11.8. The van der Waals surface area contributed by atoms with Gasteiger partial charge in [0.1, 0.15) is 11.4 Å². The molecule has 0 fully saturated rings. The van der Waals surface area contributed by atoms with Crippen molar-refractivity contribution in [2.24, 2.45) is 0 Å². The van der Waals surface area contributed by atoms with E-state index in [4.69, 9.17) is 4.42 Å². The van der Waals surface area contributed by atoms with Crippen molar-refractivity contribution < 1.29 is 9.52 Å². The monoisotopic (exact) mass is 271 g/mol. The quantitative estimate of drug-likeness (QED) is 0.898. The normalized spacial score (nSPS) is 21.2. The molecule has 3 rings (SSSR count). The highest BCUT2D eigenvalue weighted by atomic mass is 16.4. The summed E-state index contributed by atoms with van der Waals surface area (Å²) in [5, 5.41) is 13.9. The molecule has 0 radical (unpaired) electrons. The van der Waals surface area contributed by atoms with Crippen LogP contribution in [0.1, 0.15) is 30.2 Å². The van der Waals surface area contributed by atoms with E-state index in [9.17, 15) is 5.11 Å². The summed E-state index contributed by atoms with van der Waals surface area (Å²) >= 11 is 0. The molecule has 0 amide bonds. The third-order valence-electron chi connectivity index (χ3n) is 4.13. The van der Waals surface area contributed by atoms with Gasteiger partial charge in [0.15, 0.2) is 0 Å². The van der Waals surface area contributed by atoms with E-state index < -0.39 is 5.60 Å². The SMILES string of the molecule is CC(O)(CNC1CCc2ccccc2C1)c1ccco1. The molecule has 0 bridgehead atoms. The Hall–Kier alpha value is -1.58. The van der Waals surface area contributed by atoms with Crippen LogP contribution in [0.3, 0.4) is 0 Å². The van der Waals surface area contributed by atoms with Crippen LogP contribution in [0.25, 0.3) is 0 Å². The second-order valence-corrected chi connectivity index (χ2v) is 5.84. The maximum Gasteiger partial charge on any atom is 0.136 e. The fourth-order valence-electron chi connectivity index (χ4n) is 2.89. The predicted molar refractivity (Wildman–Crippen MR) is 78.5 cm³/mol. The van der Waals surface area contributed by atoms with Gasteiger partial charge in [-0.25, -0.2) is 0 Å². The number of fused-ring (bicyclic) bond motifs is 1. The van der Waals surface area contributed by atoms with Crippen molar-refractivity contribution in [3.05, 3.63) is 59.5 Å². The Bertz CT molecular complexity index is 560. The summed E-state index contributed by atoms with van der Waals surface area (Å²) in [4.78, 5) is 0. The van der Waals surface area contributed by atoms with E-state index in [2.05, 4.69) is 29.6 Å². The first-order valence-corrected chi connectivity index (χ1v) is 7.22. The topological polar surface area (TPSA) is 45.4 Å².